The highest BCUT2D eigenvalue weighted by molar-refractivity contribution is 5.96. The van der Waals surface area contributed by atoms with Crippen molar-refractivity contribution in [2.24, 2.45) is 0 Å². The van der Waals surface area contributed by atoms with Gasteiger partial charge in [-0.1, -0.05) is 0 Å². The number of nitrogens with zero attached hydrogens (tertiary/aromatic N) is 1. The largest absolute Gasteiger partial charge is 0.419 e. The number of halogens is 3. The van der Waals surface area contributed by atoms with Gasteiger partial charge in [-0.25, -0.2) is 9.78 Å². The van der Waals surface area contributed by atoms with Gasteiger partial charge in [0.15, 0.2) is 6.04 Å². The number of aromatic nitrogens is 1. The van der Waals surface area contributed by atoms with Crippen LogP contribution in [-0.2, 0) is 11.0 Å². The van der Waals surface area contributed by atoms with E-state index in [2.05, 4.69) is 15.6 Å². The van der Waals surface area contributed by atoms with Crippen molar-refractivity contribution in [1.82, 2.24) is 10.6 Å². The summed E-state index contributed by atoms with van der Waals surface area (Å²) >= 11 is 0. The molecule has 0 spiro atoms. The summed E-state index contributed by atoms with van der Waals surface area (Å²) in [4.78, 5) is 28.8. The molecule has 1 aromatic heterocycles. The molecule has 25 heavy (non-hydrogen) atoms. The molecule has 0 radical (unpaired) electrons. The number of carbonyl (C=O) groups excluding carboxylic acids is 2. The van der Waals surface area contributed by atoms with Crippen molar-refractivity contribution in [3.05, 3.63) is 23.9 Å². The second-order valence-corrected chi connectivity index (χ2v) is 5.90. The van der Waals surface area contributed by atoms with Gasteiger partial charge in [0, 0.05) is 13.1 Å². The van der Waals surface area contributed by atoms with Crippen LogP contribution in [0.5, 0.6) is 0 Å². The van der Waals surface area contributed by atoms with Gasteiger partial charge < -0.3 is 10.2 Å². The first kappa shape index (κ1) is 19.0. The number of H-pyrrole nitrogens is 1. The maximum atomic E-state index is 12.6. The van der Waals surface area contributed by atoms with Crippen molar-refractivity contribution in [1.29, 1.82) is 0 Å². The Morgan fingerprint density at radius 3 is 2.40 bits per heavy atom. The molecular formula is C15H22F3N5O2+2. The highest BCUT2D eigenvalue weighted by Crippen LogP contribution is 2.28. The summed E-state index contributed by atoms with van der Waals surface area (Å²) in [7, 11) is 1.43. The Bertz CT molecular complexity index is 613. The van der Waals surface area contributed by atoms with Gasteiger partial charge in [0.1, 0.15) is 32.4 Å². The third-order valence-electron chi connectivity index (χ3n) is 4.34. The van der Waals surface area contributed by atoms with Crippen LogP contribution in [0.1, 0.15) is 12.5 Å². The Balaban J connectivity index is 1.91. The first-order valence-corrected chi connectivity index (χ1v) is 7.93. The number of pyridine rings is 1. The van der Waals surface area contributed by atoms with Gasteiger partial charge in [0.2, 0.25) is 0 Å². The van der Waals surface area contributed by atoms with E-state index in [-0.39, 0.29) is 5.91 Å². The number of urea groups is 1. The summed E-state index contributed by atoms with van der Waals surface area (Å²) in [5, 5.41) is 4.58. The Morgan fingerprint density at radius 2 is 1.92 bits per heavy atom. The molecule has 0 aromatic carbocycles. The molecule has 1 aliphatic heterocycles. The molecule has 3 amide bonds. The van der Waals surface area contributed by atoms with Crippen molar-refractivity contribution in [3.63, 3.8) is 0 Å². The first-order chi connectivity index (χ1) is 11.7. The zero-order chi connectivity index (χ0) is 18.6. The van der Waals surface area contributed by atoms with Crippen LogP contribution in [-0.4, -0.2) is 51.2 Å². The minimum Gasteiger partial charge on any atom is -0.341 e. The monoisotopic (exact) mass is 361 g/mol. The molecule has 2 heterocycles. The van der Waals surface area contributed by atoms with Gasteiger partial charge in [-0.2, -0.15) is 13.2 Å². The Hall–Kier alpha value is -2.36. The molecule has 1 saturated heterocycles. The number of aromatic amines is 1. The van der Waals surface area contributed by atoms with E-state index in [9.17, 15) is 22.8 Å². The number of hydrogen-bond donors (Lipinski definition) is 3. The molecule has 4 N–H and O–H groups in total. The highest BCUT2D eigenvalue weighted by atomic mass is 19.4. The minimum absolute atomic E-state index is 0.358. The van der Waals surface area contributed by atoms with Gasteiger partial charge >= 0.3 is 12.2 Å². The van der Waals surface area contributed by atoms with Gasteiger partial charge in [0.25, 0.3) is 11.7 Å². The average Bonchev–Trinajstić information content (AvgIpc) is 2.60. The standard InChI is InChI=1S/C15H20F3N5O2/c1-10(13(24)21-14(25)19-2)22-5-7-23(8-6-22)12-4-3-11(9-20-12)15(16,17)18/h3-4,9-10H,5-8H2,1-2H3,(H2,19,21,24,25)/p+2/t10-/m1/s1. The summed E-state index contributed by atoms with van der Waals surface area (Å²) in [6.45, 7) is 4.20. The topological polar surface area (TPSA) is 80.0 Å². The van der Waals surface area contributed by atoms with Crippen LogP contribution in [0.2, 0.25) is 0 Å². The number of nitrogens with one attached hydrogen (secondary N) is 4. The Kier molecular flexibility index (Phi) is 5.83. The molecule has 2 rings (SSSR count). The Labute approximate surface area is 143 Å². The Morgan fingerprint density at radius 1 is 1.28 bits per heavy atom. The maximum absolute atomic E-state index is 12.6. The quantitative estimate of drug-likeness (QED) is 0.651. The number of piperazine rings is 1. The number of imide groups is 1. The van der Waals surface area contributed by atoms with Crippen molar-refractivity contribution < 1.29 is 32.6 Å². The third kappa shape index (κ3) is 4.81. The van der Waals surface area contributed by atoms with Gasteiger partial charge in [-0.3, -0.25) is 15.0 Å². The molecule has 1 atom stereocenters. The smallest absolute Gasteiger partial charge is 0.341 e. The lowest BCUT2D eigenvalue weighted by atomic mass is 10.2. The fourth-order valence-corrected chi connectivity index (χ4v) is 2.73. The fraction of sp³-hybridized carbons (Fsp3) is 0.533. The molecular weight excluding hydrogens is 339 g/mol. The van der Waals surface area contributed by atoms with Crippen LogP contribution in [0.4, 0.5) is 23.8 Å². The van der Waals surface area contributed by atoms with E-state index >= 15 is 0 Å². The molecule has 0 unspecified atom stereocenters. The number of amides is 3. The number of hydrogen-bond acceptors (Lipinski definition) is 3. The lowest BCUT2D eigenvalue weighted by molar-refractivity contribution is -0.914. The summed E-state index contributed by atoms with van der Waals surface area (Å²) in [6, 6.07) is 1.52. The van der Waals surface area contributed by atoms with Crippen LogP contribution in [0, 0.1) is 0 Å². The van der Waals surface area contributed by atoms with E-state index < -0.39 is 23.8 Å². The molecule has 0 bridgehead atoms. The summed E-state index contributed by atoms with van der Waals surface area (Å²) < 4.78 is 37.8. The van der Waals surface area contributed by atoms with Gasteiger partial charge in [0.05, 0.1) is 5.56 Å². The highest BCUT2D eigenvalue weighted by Gasteiger charge is 2.35. The van der Waals surface area contributed by atoms with Crippen molar-refractivity contribution in [2.45, 2.75) is 19.1 Å². The summed E-state index contributed by atoms with van der Waals surface area (Å²) in [5.41, 5.74) is -0.722. The molecule has 0 saturated carbocycles. The molecule has 1 aromatic rings. The second-order valence-electron chi connectivity index (χ2n) is 5.90. The molecule has 10 heteroatoms. The van der Waals surface area contributed by atoms with Crippen molar-refractivity contribution in [3.8, 4) is 0 Å². The van der Waals surface area contributed by atoms with Crippen LogP contribution in [0.3, 0.4) is 0 Å². The van der Waals surface area contributed by atoms with Crippen LogP contribution in [0.15, 0.2) is 18.3 Å². The first-order valence-electron chi connectivity index (χ1n) is 7.93. The minimum atomic E-state index is -4.37. The van der Waals surface area contributed by atoms with Crippen LogP contribution in [0.25, 0.3) is 0 Å². The van der Waals surface area contributed by atoms with Crippen LogP contribution >= 0.6 is 0 Å². The third-order valence-corrected chi connectivity index (χ3v) is 4.34. The number of carbonyl (C=O) groups is 2. The summed E-state index contributed by atoms with van der Waals surface area (Å²) in [6.07, 6.45) is -3.42. The number of quaternary nitrogens is 1. The fourth-order valence-electron chi connectivity index (χ4n) is 2.73. The predicted octanol–water partition coefficient (Wildman–Crippen LogP) is -0.931. The maximum Gasteiger partial charge on any atom is 0.419 e. The van der Waals surface area contributed by atoms with E-state index in [0.717, 1.165) is 17.2 Å². The SMILES string of the molecule is CNC(=O)NC(=O)[C@@H](C)[NH+]1CCN(c2ccc(C(F)(F)F)c[nH+]2)CC1. The van der Waals surface area contributed by atoms with Crippen molar-refractivity contribution in [2.75, 3.05) is 38.1 Å². The van der Waals surface area contributed by atoms with E-state index in [1.54, 1.807) is 6.92 Å². The lowest BCUT2D eigenvalue weighted by Gasteiger charge is -2.31. The zero-order valence-electron chi connectivity index (χ0n) is 14.0. The normalized spacial score (nSPS) is 17.1. The number of anilines is 1. The van der Waals surface area contributed by atoms with Gasteiger partial charge in [-0.05, 0) is 13.0 Å². The van der Waals surface area contributed by atoms with Gasteiger partial charge in [-0.15, -0.1) is 0 Å². The molecule has 1 fully saturated rings. The molecule has 138 valence electrons. The average molecular weight is 361 g/mol. The number of rotatable bonds is 3. The predicted molar refractivity (Wildman–Crippen MR) is 83.0 cm³/mol. The number of alkyl halides is 3. The lowest BCUT2D eigenvalue weighted by Crippen LogP contribution is -3.19. The van der Waals surface area contributed by atoms with E-state index in [1.165, 1.54) is 13.1 Å². The second kappa shape index (κ2) is 7.68. The molecule has 7 nitrogen and oxygen atoms in total. The zero-order valence-corrected chi connectivity index (χ0v) is 14.0. The molecule has 0 aliphatic carbocycles. The van der Waals surface area contributed by atoms with E-state index in [0.29, 0.717) is 32.0 Å². The summed E-state index contributed by atoms with van der Waals surface area (Å²) in [5.74, 6) is 0.249. The van der Waals surface area contributed by atoms with E-state index in [1.807, 2.05) is 4.90 Å². The van der Waals surface area contributed by atoms with Crippen LogP contribution < -0.4 is 25.4 Å². The molecule has 1 aliphatic rings. The van der Waals surface area contributed by atoms with Crippen molar-refractivity contribution >= 4 is 17.8 Å². The van der Waals surface area contributed by atoms with E-state index in [4.69, 9.17) is 0 Å².